The van der Waals surface area contributed by atoms with Crippen LogP contribution in [0.5, 0.6) is 0 Å². The Bertz CT molecular complexity index is 374. The van der Waals surface area contributed by atoms with Crippen molar-refractivity contribution in [2.24, 2.45) is 0 Å². The molecule has 0 aromatic heterocycles. The Morgan fingerprint density at radius 3 is 1.56 bits per heavy atom. The van der Waals surface area contributed by atoms with Crippen LogP contribution >= 0.6 is 0 Å². The van der Waals surface area contributed by atoms with E-state index in [0.717, 1.165) is 19.3 Å². The van der Waals surface area contributed by atoms with Gasteiger partial charge in [-0.05, 0) is 26.2 Å². The zero-order valence-electron chi connectivity index (χ0n) is 16.8. The van der Waals surface area contributed by atoms with E-state index < -0.39 is 15.4 Å². The SMILES string of the molecule is CCCCCCCCCCCCC(O)CCCCC(C)S(=O)(=O)[O-].[K+]. The standard InChI is InChI=1S/C19H40O4S.K/c1-3-4-5-6-7-8-9-10-11-12-16-19(20)17-14-13-15-18(2)24(21,22)23;/h18-20H,3-17H2,1-2H3,(H,21,22,23);/q;+1/p-1. The van der Waals surface area contributed by atoms with Gasteiger partial charge >= 0.3 is 51.4 Å². The van der Waals surface area contributed by atoms with Crippen molar-refractivity contribution in [3.8, 4) is 0 Å². The van der Waals surface area contributed by atoms with Gasteiger partial charge in [0.1, 0.15) is 0 Å². The molecular weight excluding hydrogens is 363 g/mol. The van der Waals surface area contributed by atoms with Gasteiger partial charge in [0.15, 0.2) is 0 Å². The summed E-state index contributed by atoms with van der Waals surface area (Å²) >= 11 is 0. The number of hydrogen-bond acceptors (Lipinski definition) is 4. The van der Waals surface area contributed by atoms with Crippen LogP contribution in [0, 0.1) is 0 Å². The van der Waals surface area contributed by atoms with E-state index in [1.54, 1.807) is 0 Å². The number of aliphatic hydroxyl groups is 1. The second kappa shape index (κ2) is 18.9. The largest absolute Gasteiger partial charge is 1.00 e. The minimum absolute atomic E-state index is 0. The summed E-state index contributed by atoms with van der Waals surface area (Å²) in [5, 5.41) is 9.11. The van der Waals surface area contributed by atoms with E-state index in [1.807, 2.05) is 0 Å². The van der Waals surface area contributed by atoms with E-state index in [4.69, 9.17) is 0 Å². The van der Waals surface area contributed by atoms with Crippen molar-refractivity contribution in [3.63, 3.8) is 0 Å². The molecule has 25 heavy (non-hydrogen) atoms. The van der Waals surface area contributed by atoms with Crippen molar-refractivity contribution in [1.82, 2.24) is 0 Å². The van der Waals surface area contributed by atoms with E-state index in [9.17, 15) is 18.1 Å². The number of rotatable bonds is 17. The van der Waals surface area contributed by atoms with Gasteiger partial charge in [-0.25, -0.2) is 8.42 Å². The Morgan fingerprint density at radius 2 is 1.12 bits per heavy atom. The Morgan fingerprint density at radius 1 is 0.760 bits per heavy atom. The van der Waals surface area contributed by atoms with Crippen molar-refractivity contribution >= 4 is 10.1 Å². The van der Waals surface area contributed by atoms with Crippen LogP contribution in [-0.4, -0.2) is 29.4 Å². The zero-order chi connectivity index (χ0) is 18.3. The van der Waals surface area contributed by atoms with Gasteiger partial charge in [-0.3, -0.25) is 0 Å². The maximum atomic E-state index is 10.8. The molecule has 0 aliphatic rings. The van der Waals surface area contributed by atoms with E-state index in [-0.39, 0.29) is 57.5 Å². The Hall–Kier alpha value is 1.51. The predicted octanol–water partition coefficient (Wildman–Crippen LogP) is 2.16. The molecule has 146 valence electrons. The Kier molecular flexibility index (Phi) is 21.7. The monoisotopic (exact) mass is 402 g/mol. The third kappa shape index (κ3) is 20.1. The fourth-order valence-corrected chi connectivity index (χ4v) is 3.42. The van der Waals surface area contributed by atoms with Crippen LogP contribution in [0.15, 0.2) is 0 Å². The van der Waals surface area contributed by atoms with Crippen LogP contribution in [0.3, 0.4) is 0 Å². The summed E-state index contributed by atoms with van der Waals surface area (Å²) in [5.74, 6) is 0. The molecular formula is C19H39KO4S. The molecule has 0 saturated carbocycles. The topological polar surface area (TPSA) is 77.4 Å². The Labute approximate surface area is 199 Å². The van der Waals surface area contributed by atoms with Crippen LogP contribution in [0.2, 0.25) is 0 Å². The smallest absolute Gasteiger partial charge is 0.748 e. The minimum atomic E-state index is -4.15. The molecule has 0 bridgehead atoms. The summed E-state index contributed by atoms with van der Waals surface area (Å²) in [4.78, 5) is 0. The molecule has 0 saturated heterocycles. The summed E-state index contributed by atoms with van der Waals surface area (Å²) in [6, 6.07) is 0. The van der Waals surface area contributed by atoms with Gasteiger partial charge < -0.3 is 9.66 Å². The summed E-state index contributed by atoms with van der Waals surface area (Å²) in [6.45, 7) is 3.70. The molecule has 0 fully saturated rings. The van der Waals surface area contributed by atoms with Crippen molar-refractivity contribution in [3.05, 3.63) is 0 Å². The second-order valence-electron chi connectivity index (χ2n) is 7.21. The summed E-state index contributed by atoms with van der Waals surface area (Å²) in [5.41, 5.74) is 0. The first kappa shape index (κ1) is 28.7. The number of hydrogen-bond donors (Lipinski definition) is 1. The minimum Gasteiger partial charge on any atom is -0.748 e. The third-order valence-electron chi connectivity index (χ3n) is 4.78. The normalized spacial score (nSPS) is 14.1. The quantitative estimate of drug-likeness (QED) is 0.230. The van der Waals surface area contributed by atoms with Crippen LogP contribution in [0.4, 0.5) is 0 Å². The number of aliphatic hydroxyl groups excluding tert-OH is 1. The van der Waals surface area contributed by atoms with E-state index >= 15 is 0 Å². The predicted molar refractivity (Wildman–Crippen MR) is 100 cm³/mol. The number of unbranched alkanes of at least 4 members (excludes halogenated alkanes) is 10. The average molecular weight is 403 g/mol. The summed E-state index contributed by atoms with van der Waals surface area (Å²) < 4.78 is 32.3. The van der Waals surface area contributed by atoms with Gasteiger partial charge in [-0.2, -0.15) is 0 Å². The van der Waals surface area contributed by atoms with Gasteiger partial charge in [-0.15, -0.1) is 0 Å². The maximum absolute atomic E-state index is 10.8. The molecule has 6 heteroatoms. The van der Waals surface area contributed by atoms with Crippen molar-refractivity contribution < 1.29 is 69.5 Å². The molecule has 0 radical (unpaired) electrons. The van der Waals surface area contributed by atoms with E-state index in [1.165, 1.54) is 64.7 Å². The molecule has 2 unspecified atom stereocenters. The van der Waals surface area contributed by atoms with Crippen LogP contribution in [0.1, 0.15) is 110 Å². The van der Waals surface area contributed by atoms with Gasteiger partial charge in [0.2, 0.25) is 0 Å². The molecule has 0 amide bonds. The van der Waals surface area contributed by atoms with E-state index in [0.29, 0.717) is 19.3 Å². The summed E-state index contributed by atoms with van der Waals surface area (Å²) in [6.07, 6.45) is 16.1. The van der Waals surface area contributed by atoms with Gasteiger partial charge in [0.05, 0.1) is 16.2 Å². The van der Waals surface area contributed by atoms with Gasteiger partial charge in [-0.1, -0.05) is 84.0 Å². The fourth-order valence-electron chi connectivity index (χ4n) is 2.97. The van der Waals surface area contributed by atoms with Crippen LogP contribution in [0.25, 0.3) is 0 Å². The molecule has 0 heterocycles. The molecule has 4 nitrogen and oxygen atoms in total. The third-order valence-corrected chi connectivity index (χ3v) is 6.00. The molecule has 0 aromatic rings. The molecule has 0 aliphatic carbocycles. The molecule has 0 aliphatic heterocycles. The van der Waals surface area contributed by atoms with Crippen LogP contribution < -0.4 is 51.4 Å². The second-order valence-corrected chi connectivity index (χ2v) is 9.00. The van der Waals surface area contributed by atoms with E-state index in [2.05, 4.69) is 6.92 Å². The summed E-state index contributed by atoms with van der Waals surface area (Å²) in [7, 11) is -4.15. The van der Waals surface area contributed by atoms with Crippen molar-refractivity contribution in [2.45, 2.75) is 122 Å². The molecule has 0 spiro atoms. The zero-order valence-corrected chi connectivity index (χ0v) is 20.8. The molecule has 1 N–H and O–H groups in total. The van der Waals surface area contributed by atoms with Gasteiger partial charge in [0.25, 0.3) is 0 Å². The van der Waals surface area contributed by atoms with Crippen molar-refractivity contribution in [1.29, 1.82) is 0 Å². The first-order valence-corrected chi connectivity index (χ1v) is 11.5. The molecule has 0 aromatic carbocycles. The first-order valence-electron chi connectivity index (χ1n) is 10.0. The Balaban J connectivity index is 0. The molecule has 0 rings (SSSR count). The first-order chi connectivity index (χ1) is 11.4. The fraction of sp³-hybridized carbons (Fsp3) is 1.00. The molecule has 2 atom stereocenters. The van der Waals surface area contributed by atoms with Crippen molar-refractivity contribution in [2.75, 3.05) is 0 Å². The van der Waals surface area contributed by atoms with Crippen LogP contribution in [-0.2, 0) is 10.1 Å². The average Bonchev–Trinajstić information content (AvgIpc) is 2.52. The maximum Gasteiger partial charge on any atom is 1.00 e. The van der Waals surface area contributed by atoms with Gasteiger partial charge in [0, 0.05) is 5.25 Å².